The molecule has 0 unspecified atom stereocenters. The molecule has 2 aromatic heterocycles. The van der Waals surface area contributed by atoms with E-state index in [-0.39, 0.29) is 64.9 Å². The quantitative estimate of drug-likeness (QED) is 0.153. The monoisotopic (exact) mass is 824 g/mol. The molecule has 49 heavy (non-hydrogen) atoms. The largest absolute Gasteiger partial charge is 2.00 e. The van der Waals surface area contributed by atoms with Crippen LogP contribution in [0.2, 0.25) is 0 Å². The predicted octanol–water partition coefficient (Wildman–Crippen LogP) is 6.76. The second-order valence-corrected chi connectivity index (χ2v) is 11.9. The van der Waals surface area contributed by atoms with E-state index in [1.807, 2.05) is 36.4 Å². The van der Waals surface area contributed by atoms with Gasteiger partial charge in [0.25, 0.3) is 0 Å². The third kappa shape index (κ3) is 8.38. The molecule has 0 aliphatic heterocycles. The van der Waals surface area contributed by atoms with Crippen molar-refractivity contribution in [2.24, 2.45) is 0 Å². The summed E-state index contributed by atoms with van der Waals surface area (Å²) in [5.41, 5.74) is 1.61. The zero-order valence-corrected chi connectivity index (χ0v) is 31.6. The first-order valence-electron chi connectivity index (χ1n) is 14.3. The molecule has 0 amide bonds. The van der Waals surface area contributed by atoms with E-state index in [4.69, 9.17) is 0 Å². The van der Waals surface area contributed by atoms with Gasteiger partial charge in [0.1, 0.15) is 0 Å². The summed E-state index contributed by atoms with van der Waals surface area (Å²) in [6, 6.07) is 30.2. The molecule has 2 aliphatic carbocycles. The average molecular weight is 828 g/mol. The Bertz CT molecular complexity index is 1950. The number of hydrogen-bond donors (Lipinski definition) is 0. The summed E-state index contributed by atoms with van der Waals surface area (Å²) in [6.45, 7) is 0. The van der Waals surface area contributed by atoms with Gasteiger partial charge >= 0.3 is 19.5 Å². The zero-order chi connectivity index (χ0) is 34.2. The zero-order valence-electron chi connectivity index (χ0n) is 25.5. The Morgan fingerprint density at radius 1 is 0.408 bits per heavy atom. The molecule has 8 rings (SSSR count). The molecular formula is C38H22Br2N2O6Zn. The van der Waals surface area contributed by atoms with Gasteiger partial charge in [0, 0.05) is 78.2 Å². The Kier molecular flexibility index (Phi) is 12.7. The number of carbonyl (C=O) groups is 4. The van der Waals surface area contributed by atoms with Gasteiger partial charge in [-0.25, -0.2) is 0 Å². The third-order valence-electron chi connectivity index (χ3n) is 7.04. The number of ketones is 4. The van der Waals surface area contributed by atoms with Crippen LogP contribution in [-0.2, 0) is 19.5 Å². The maximum atomic E-state index is 12.2. The van der Waals surface area contributed by atoms with E-state index in [2.05, 4.69) is 41.8 Å². The summed E-state index contributed by atoms with van der Waals surface area (Å²) in [5.74, 6) is -2.16. The molecule has 4 aromatic carbocycles. The van der Waals surface area contributed by atoms with Crippen molar-refractivity contribution in [2.75, 3.05) is 0 Å². The molecule has 2 heterocycles. The number of halogens is 2. The summed E-state index contributed by atoms with van der Waals surface area (Å²) in [5, 5.41) is 23.7. The molecule has 0 N–H and O–H groups in total. The van der Waals surface area contributed by atoms with Crippen molar-refractivity contribution < 1.29 is 48.9 Å². The first kappa shape index (κ1) is 36.9. The molecular weight excluding hydrogens is 806 g/mol. The standard InChI is InChI=1S/2C14H7BrO3.2C5H5N.Zn/c2*15-7-5-10-12(11(16)6-7)14(18)9-4-2-1-3-8(9)13(10)17;2*1-2-4-6-5-3-1;/h2*1-6,16H;2*1-5H;/q;;;;+2/p-2. The van der Waals surface area contributed by atoms with Crippen molar-refractivity contribution in [2.45, 2.75) is 0 Å². The van der Waals surface area contributed by atoms with Crippen LogP contribution in [0.1, 0.15) is 63.7 Å². The first-order chi connectivity index (χ1) is 23.2. The Labute approximate surface area is 310 Å². The SMILES string of the molecule is O=C1c2ccccc2C(=O)c2c([O-])cc(Br)cc21.O=C1c2ccccc2C(=O)c2c([O-])cc(Br)cc21.[Zn+2].c1ccncc1.c1ccncc1. The summed E-state index contributed by atoms with van der Waals surface area (Å²) in [7, 11) is 0. The maximum absolute atomic E-state index is 12.2. The second kappa shape index (κ2) is 16.9. The Balaban J connectivity index is 0.000000163. The molecule has 2 aliphatic rings. The van der Waals surface area contributed by atoms with Gasteiger partial charge < -0.3 is 10.2 Å². The molecule has 0 atom stereocenters. The van der Waals surface area contributed by atoms with Gasteiger partial charge in [-0.05, 0) is 36.4 Å². The van der Waals surface area contributed by atoms with Crippen molar-refractivity contribution in [3.63, 3.8) is 0 Å². The Hall–Kier alpha value is -4.96. The summed E-state index contributed by atoms with van der Waals surface area (Å²) in [4.78, 5) is 56.5. The molecule has 11 heteroatoms. The number of fused-ring (bicyclic) bond motifs is 4. The normalized spacial score (nSPS) is 11.6. The van der Waals surface area contributed by atoms with Crippen LogP contribution in [0.5, 0.6) is 11.5 Å². The van der Waals surface area contributed by atoms with E-state index >= 15 is 0 Å². The van der Waals surface area contributed by atoms with Gasteiger partial charge in [0.2, 0.25) is 0 Å². The third-order valence-corrected chi connectivity index (χ3v) is 7.96. The van der Waals surface area contributed by atoms with Crippen molar-refractivity contribution >= 4 is 55.0 Å². The van der Waals surface area contributed by atoms with Crippen molar-refractivity contribution in [1.29, 1.82) is 0 Å². The van der Waals surface area contributed by atoms with Gasteiger partial charge in [-0.3, -0.25) is 29.1 Å². The van der Waals surface area contributed by atoms with Crippen LogP contribution in [0.3, 0.4) is 0 Å². The van der Waals surface area contributed by atoms with Crippen LogP contribution < -0.4 is 10.2 Å². The van der Waals surface area contributed by atoms with E-state index in [1.165, 1.54) is 24.3 Å². The van der Waals surface area contributed by atoms with E-state index in [0.29, 0.717) is 31.2 Å². The molecule has 0 radical (unpaired) electrons. The number of hydrogen-bond acceptors (Lipinski definition) is 8. The molecule has 0 spiro atoms. The molecule has 0 bridgehead atoms. The van der Waals surface area contributed by atoms with E-state index < -0.39 is 11.5 Å². The van der Waals surface area contributed by atoms with E-state index in [1.54, 1.807) is 73.3 Å². The van der Waals surface area contributed by atoms with Crippen LogP contribution in [0.4, 0.5) is 0 Å². The van der Waals surface area contributed by atoms with Gasteiger partial charge in [-0.1, -0.05) is 116 Å². The number of pyridine rings is 2. The minimum absolute atomic E-state index is 0. The summed E-state index contributed by atoms with van der Waals surface area (Å²) in [6.07, 6.45) is 7.00. The summed E-state index contributed by atoms with van der Waals surface area (Å²) >= 11 is 6.33. The molecule has 8 nitrogen and oxygen atoms in total. The smallest absolute Gasteiger partial charge is 0.872 e. The molecule has 6 aromatic rings. The average Bonchev–Trinajstić information content (AvgIpc) is 3.11. The van der Waals surface area contributed by atoms with Gasteiger partial charge in [-0.2, -0.15) is 0 Å². The van der Waals surface area contributed by atoms with Crippen molar-refractivity contribution in [1.82, 2.24) is 9.97 Å². The fraction of sp³-hybridized carbons (Fsp3) is 0. The first-order valence-corrected chi connectivity index (χ1v) is 15.9. The number of aromatic nitrogens is 2. The topological polar surface area (TPSA) is 140 Å². The molecule has 0 saturated carbocycles. The molecule has 236 valence electrons. The number of rotatable bonds is 0. The number of benzene rings is 4. The van der Waals surface area contributed by atoms with Gasteiger partial charge in [-0.15, -0.1) is 0 Å². The van der Waals surface area contributed by atoms with Crippen LogP contribution in [0, 0.1) is 0 Å². The van der Waals surface area contributed by atoms with Gasteiger partial charge in [0.05, 0.1) is 0 Å². The van der Waals surface area contributed by atoms with Crippen molar-refractivity contribution in [3.05, 3.63) is 187 Å². The van der Waals surface area contributed by atoms with Crippen LogP contribution in [0.25, 0.3) is 0 Å². The van der Waals surface area contributed by atoms with E-state index in [9.17, 15) is 29.4 Å². The summed E-state index contributed by atoms with van der Waals surface area (Å²) < 4.78 is 1.01. The fourth-order valence-corrected chi connectivity index (χ4v) is 5.81. The fourth-order valence-electron chi connectivity index (χ4n) is 4.93. The van der Waals surface area contributed by atoms with Crippen LogP contribution in [-0.4, -0.2) is 33.1 Å². The second-order valence-electron chi connectivity index (χ2n) is 10.1. The van der Waals surface area contributed by atoms with Crippen molar-refractivity contribution in [3.8, 4) is 11.5 Å². The minimum Gasteiger partial charge on any atom is -0.872 e. The minimum atomic E-state index is -0.424. The maximum Gasteiger partial charge on any atom is 2.00 e. The number of nitrogens with zero attached hydrogens (tertiary/aromatic N) is 2. The van der Waals surface area contributed by atoms with Gasteiger partial charge in [0.15, 0.2) is 23.1 Å². The molecule has 0 saturated heterocycles. The van der Waals surface area contributed by atoms with Crippen LogP contribution >= 0.6 is 31.9 Å². The van der Waals surface area contributed by atoms with Crippen LogP contribution in [0.15, 0.2) is 143 Å². The Morgan fingerprint density at radius 2 is 0.714 bits per heavy atom. The molecule has 0 fully saturated rings. The number of carbonyl (C=O) groups excluding carboxylic acids is 4. The van der Waals surface area contributed by atoms with E-state index in [0.717, 1.165) is 0 Å². The predicted molar refractivity (Wildman–Crippen MR) is 182 cm³/mol. The Morgan fingerprint density at radius 3 is 0.980 bits per heavy atom.